The van der Waals surface area contributed by atoms with Crippen molar-refractivity contribution in [1.29, 1.82) is 0 Å². The second kappa shape index (κ2) is 7.55. The molecule has 1 atom stereocenters. The van der Waals surface area contributed by atoms with Crippen LogP contribution in [0.15, 0.2) is 35.7 Å². The number of benzene rings is 1. The third-order valence-corrected chi connectivity index (χ3v) is 5.61. The number of piperidine rings is 1. The number of rotatable bonds is 4. The highest BCUT2D eigenvalue weighted by Gasteiger charge is 2.35. The first-order chi connectivity index (χ1) is 12.3. The highest BCUT2D eigenvalue weighted by atomic mass is 32.1. The minimum Gasteiger partial charge on any atom is -0.342 e. The van der Waals surface area contributed by atoms with Crippen molar-refractivity contribution in [1.82, 2.24) is 9.88 Å². The monoisotopic (exact) mass is 372 g/mol. The Hall–Kier alpha value is -2.25. The molecule has 1 aliphatic rings. The SMILES string of the molecule is CC1(C)CN(C(=O)Cc2csc(NC(=O)c3ccccc3)n2)CCC1N. The van der Waals surface area contributed by atoms with Gasteiger partial charge in [-0.1, -0.05) is 32.0 Å². The van der Waals surface area contributed by atoms with Gasteiger partial charge in [-0.15, -0.1) is 11.3 Å². The van der Waals surface area contributed by atoms with Gasteiger partial charge in [0.05, 0.1) is 12.1 Å². The van der Waals surface area contributed by atoms with E-state index in [-0.39, 0.29) is 29.7 Å². The molecule has 6 nitrogen and oxygen atoms in total. The molecule has 1 aromatic carbocycles. The molecule has 0 aliphatic carbocycles. The van der Waals surface area contributed by atoms with Crippen LogP contribution >= 0.6 is 11.3 Å². The maximum absolute atomic E-state index is 12.6. The van der Waals surface area contributed by atoms with Crippen molar-refractivity contribution in [2.45, 2.75) is 32.7 Å². The lowest BCUT2D eigenvalue weighted by atomic mass is 9.79. The van der Waals surface area contributed by atoms with E-state index in [9.17, 15) is 9.59 Å². The number of anilines is 1. The second-order valence-electron chi connectivity index (χ2n) is 7.34. The van der Waals surface area contributed by atoms with E-state index in [0.717, 1.165) is 6.42 Å². The minimum absolute atomic E-state index is 0.0520. The second-order valence-corrected chi connectivity index (χ2v) is 8.20. The van der Waals surface area contributed by atoms with Crippen LogP contribution in [-0.2, 0) is 11.2 Å². The van der Waals surface area contributed by atoms with Gasteiger partial charge < -0.3 is 10.6 Å². The molecule has 1 aromatic heterocycles. The van der Waals surface area contributed by atoms with Crippen LogP contribution in [0.4, 0.5) is 5.13 Å². The molecule has 0 bridgehead atoms. The van der Waals surface area contributed by atoms with E-state index >= 15 is 0 Å². The van der Waals surface area contributed by atoms with Crippen LogP contribution in [0.25, 0.3) is 0 Å². The number of carbonyl (C=O) groups is 2. The summed E-state index contributed by atoms with van der Waals surface area (Å²) in [5.41, 5.74) is 7.31. The van der Waals surface area contributed by atoms with Crippen molar-refractivity contribution in [2.75, 3.05) is 18.4 Å². The molecule has 1 aliphatic heterocycles. The summed E-state index contributed by atoms with van der Waals surface area (Å²) in [7, 11) is 0. The molecule has 2 amide bonds. The topological polar surface area (TPSA) is 88.3 Å². The largest absolute Gasteiger partial charge is 0.342 e. The summed E-state index contributed by atoms with van der Waals surface area (Å²) in [4.78, 5) is 31.0. The molecule has 2 aromatic rings. The smallest absolute Gasteiger partial charge is 0.257 e. The van der Waals surface area contributed by atoms with E-state index in [1.165, 1.54) is 11.3 Å². The zero-order valence-corrected chi connectivity index (χ0v) is 15.9. The van der Waals surface area contributed by atoms with Crippen LogP contribution in [0.3, 0.4) is 0 Å². The van der Waals surface area contributed by atoms with E-state index in [0.29, 0.717) is 29.5 Å². The third kappa shape index (κ3) is 4.28. The Kier molecular flexibility index (Phi) is 5.38. The van der Waals surface area contributed by atoms with E-state index in [1.54, 1.807) is 12.1 Å². The Labute approximate surface area is 157 Å². The lowest BCUT2D eigenvalue weighted by Crippen LogP contribution is -2.54. The quantitative estimate of drug-likeness (QED) is 0.863. The van der Waals surface area contributed by atoms with Gasteiger partial charge in [-0.3, -0.25) is 14.9 Å². The van der Waals surface area contributed by atoms with Crippen molar-refractivity contribution < 1.29 is 9.59 Å². The molecule has 2 heterocycles. The molecule has 7 heteroatoms. The number of hydrogen-bond acceptors (Lipinski definition) is 5. The number of aromatic nitrogens is 1. The molecule has 1 saturated heterocycles. The molecule has 1 fully saturated rings. The van der Waals surface area contributed by atoms with Gasteiger partial charge in [-0.05, 0) is 24.0 Å². The van der Waals surface area contributed by atoms with Gasteiger partial charge in [-0.2, -0.15) is 0 Å². The van der Waals surface area contributed by atoms with Crippen molar-refractivity contribution in [2.24, 2.45) is 11.1 Å². The van der Waals surface area contributed by atoms with E-state index in [2.05, 4.69) is 24.1 Å². The van der Waals surface area contributed by atoms with Crippen molar-refractivity contribution in [3.63, 3.8) is 0 Å². The minimum atomic E-state index is -0.204. The van der Waals surface area contributed by atoms with E-state index in [4.69, 9.17) is 5.73 Å². The van der Waals surface area contributed by atoms with Crippen molar-refractivity contribution in [3.05, 3.63) is 47.0 Å². The third-order valence-electron chi connectivity index (χ3n) is 4.81. The summed E-state index contributed by atoms with van der Waals surface area (Å²) >= 11 is 1.33. The Morgan fingerprint density at radius 3 is 2.77 bits per heavy atom. The Morgan fingerprint density at radius 2 is 2.08 bits per heavy atom. The van der Waals surface area contributed by atoms with Gasteiger partial charge in [0, 0.05) is 30.1 Å². The normalized spacial score (nSPS) is 19.2. The van der Waals surface area contributed by atoms with Gasteiger partial charge in [-0.25, -0.2) is 4.98 Å². The first kappa shape index (κ1) is 18.5. The number of thiazole rings is 1. The number of likely N-dealkylation sites (tertiary alicyclic amines) is 1. The molecule has 3 N–H and O–H groups in total. The molecule has 0 saturated carbocycles. The van der Waals surface area contributed by atoms with Crippen LogP contribution < -0.4 is 11.1 Å². The first-order valence-electron chi connectivity index (χ1n) is 8.69. The highest BCUT2D eigenvalue weighted by Crippen LogP contribution is 2.28. The number of nitrogens with one attached hydrogen (secondary N) is 1. The molecule has 138 valence electrons. The molecular formula is C19H24N4O2S. The Morgan fingerprint density at radius 1 is 1.35 bits per heavy atom. The van der Waals surface area contributed by atoms with Gasteiger partial charge in [0.1, 0.15) is 0 Å². The number of hydrogen-bond donors (Lipinski definition) is 2. The van der Waals surface area contributed by atoms with Crippen LogP contribution in [0, 0.1) is 5.41 Å². The summed E-state index contributed by atoms with van der Waals surface area (Å²) in [6, 6.07) is 9.09. The zero-order valence-electron chi connectivity index (χ0n) is 15.1. The summed E-state index contributed by atoms with van der Waals surface area (Å²) in [5.74, 6) is -0.152. The Bertz CT molecular complexity index is 788. The fourth-order valence-corrected chi connectivity index (χ4v) is 3.76. The fourth-order valence-electron chi connectivity index (χ4n) is 3.06. The molecular weight excluding hydrogens is 348 g/mol. The van der Waals surface area contributed by atoms with Gasteiger partial charge >= 0.3 is 0 Å². The van der Waals surface area contributed by atoms with Gasteiger partial charge in [0.2, 0.25) is 5.91 Å². The highest BCUT2D eigenvalue weighted by molar-refractivity contribution is 7.14. The number of carbonyl (C=O) groups excluding carboxylic acids is 2. The lowest BCUT2D eigenvalue weighted by molar-refractivity contribution is -0.133. The van der Waals surface area contributed by atoms with E-state index < -0.39 is 0 Å². The molecule has 3 rings (SSSR count). The summed E-state index contributed by atoms with van der Waals surface area (Å²) in [6.07, 6.45) is 1.05. The van der Waals surface area contributed by atoms with Crippen LogP contribution in [0.2, 0.25) is 0 Å². The van der Waals surface area contributed by atoms with Gasteiger partial charge in [0.25, 0.3) is 5.91 Å². The number of nitrogens with zero attached hydrogens (tertiary/aromatic N) is 2. The maximum Gasteiger partial charge on any atom is 0.257 e. The van der Waals surface area contributed by atoms with Gasteiger partial charge in [0.15, 0.2) is 5.13 Å². The summed E-state index contributed by atoms with van der Waals surface area (Å²) < 4.78 is 0. The summed E-state index contributed by atoms with van der Waals surface area (Å²) in [5, 5.41) is 5.10. The zero-order chi connectivity index (χ0) is 18.7. The van der Waals surface area contributed by atoms with Crippen LogP contribution in [0.5, 0.6) is 0 Å². The molecule has 26 heavy (non-hydrogen) atoms. The summed E-state index contributed by atoms with van der Waals surface area (Å²) in [6.45, 7) is 5.54. The molecule has 0 radical (unpaired) electrons. The van der Waals surface area contributed by atoms with Crippen molar-refractivity contribution >= 4 is 28.3 Å². The van der Waals surface area contributed by atoms with Crippen LogP contribution in [-0.4, -0.2) is 40.8 Å². The maximum atomic E-state index is 12.6. The van der Waals surface area contributed by atoms with E-state index in [1.807, 2.05) is 28.5 Å². The lowest BCUT2D eigenvalue weighted by Gasteiger charge is -2.42. The molecule has 1 unspecified atom stereocenters. The number of amides is 2. The first-order valence-corrected chi connectivity index (χ1v) is 9.57. The standard InChI is InChI=1S/C19H24N4O2S/c1-19(2)12-23(9-8-15(19)20)16(24)10-14-11-26-18(21-14)22-17(25)13-6-4-3-5-7-13/h3-7,11,15H,8-10,12,20H2,1-2H3,(H,21,22,25). The van der Waals surface area contributed by atoms with Crippen molar-refractivity contribution in [3.8, 4) is 0 Å². The number of nitrogens with two attached hydrogens (primary N) is 1. The Balaban J connectivity index is 1.58. The fraction of sp³-hybridized carbons (Fsp3) is 0.421. The molecule has 0 spiro atoms. The van der Waals surface area contributed by atoms with Crippen LogP contribution in [0.1, 0.15) is 36.3 Å². The predicted octanol–water partition coefficient (Wildman–Crippen LogP) is 2.52. The average Bonchev–Trinajstić information content (AvgIpc) is 3.04. The predicted molar refractivity (Wildman–Crippen MR) is 103 cm³/mol. The average molecular weight is 372 g/mol.